The van der Waals surface area contributed by atoms with Gasteiger partial charge in [0.05, 0.1) is 19.1 Å². The second-order valence-electron chi connectivity index (χ2n) is 9.77. The predicted octanol–water partition coefficient (Wildman–Crippen LogP) is 2.16. The molecule has 0 aliphatic carbocycles. The third-order valence-corrected chi connectivity index (χ3v) is 9.38. The van der Waals surface area contributed by atoms with E-state index in [-0.39, 0.29) is 31.1 Å². The van der Waals surface area contributed by atoms with Gasteiger partial charge in [-0.15, -0.1) is 0 Å². The van der Waals surface area contributed by atoms with Crippen LogP contribution in [0.4, 0.5) is 4.79 Å². The lowest BCUT2D eigenvalue weighted by atomic mass is 9.88. The van der Waals surface area contributed by atoms with Crippen LogP contribution in [-0.4, -0.2) is 87.3 Å². The van der Waals surface area contributed by atoms with Crippen molar-refractivity contribution in [1.29, 1.82) is 0 Å². The number of carbonyl (C=O) groups is 3. The Hall–Kier alpha value is -4.16. The lowest BCUT2D eigenvalue weighted by molar-refractivity contribution is -0.139. The maximum absolute atomic E-state index is 13.5. The summed E-state index contributed by atoms with van der Waals surface area (Å²) >= 11 is 0. The lowest BCUT2D eigenvalue weighted by Crippen LogP contribution is -2.53. The molecule has 0 saturated carbocycles. The highest BCUT2D eigenvalue weighted by molar-refractivity contribution is 7.89. The standard InChI is InChI=1S/C28H30N4O7S/c1-28(22-10-6-8-19-7-4-5-9-21(19)22)26(34)32(27(35)29-28)18-25(33)30-13-15-31(16-14-30)40(36,37)20-11-12-23(38-2)24(17-20)39-3/h4-12,17H,13-16,18H2,1-3H3,(H,29,35)/t28-/m0/s1. The Labute approximate surface area is 232 Å². The number of urea groups is 1. The Morgan fingerprint density at radius 3 is 2.30 bits per heavy atom. The minimum Gasteiger partial charge on any atom is -0.493 e. The third kappa shape index (κ3) is 4.62. The van der Waals surface area contributed by atoms with E-state index in [2.05, 4.69) is 5.32 Å². The molecule has 0 aromatic heterocycles. The van der Waals surface area contributed by atoms with Crippen LogP contribution in [0.3, 0.4) is 0 Å². The Kier molecular flexibility index (Phi) is 7.15. The summed E-state index contributed by atoms with van der Waals surface area (Å²) in [6, 6.07) is 16.8. The number of sulfonamides is 1. The summed E-state index contributed by atoms with van der Waals surface area (Å²) in [4.78, 5) is 42.0. The molecule has 2 fully saturated rings. The number of nitrogens with zero attached hydrogens (tertiary/aromatic N) is 3. The molecule has 0 bridgehead atoms. The fourth-order valence-corrected chi connectivity index (χ4v) is 6.66. The molecule has 2 aliphatic rings. The van der Waals surface area contributed by atoms with Crippen LogP contribution in [-0.2, 0) is 25.2 Å². The molecule has 4 amide bonds. The predicted molar refractivity (Wildman–Crippen MR) is 146 cm³/mol. The van der Waals surface area contributed by atoms with Crippen LogP contribution in [0.1, 0.15) is 12.5 Å². The van der Waals surface area contributed by atoms with Crippen molar-refractivity contribution in [3.05, 3.63) is 66.2 Å². The average molecular weight is 567 g/mol. The summed E-state index contributed by atoms with van der Waals surface area (Å²) in [5.41, 5.74) is -0.683. The first-order valence-corrected chi connectivity index (χ1v) is 14.2. The van der Waals surface area contributed by atoms with E-state index in [0.717, 1.165) is 15.7 Å². The maximum Gasteiger partial charge on any atom is 0.325 e. The van der Waals surface area contributed by atoms with E-state index in [1.165, 1.54) is 41.6 Å². The zero-order valence-corrected chi connectivity index (χ0v) is 23.2. The fraction of sp³-hybridized carbons (Fsp3) is 0.321. The van der Waals surface area contributed by atoms with Crippen molar-refractivity contribution in [2.75, 3.05) is 46.9 Å². The van der Waals surface area contributed by atoms with Crippen molar-refractivity contribution in [2.24, 2.45) is 0 Å². The Balaban J connectivity index is 1.26. The molecule has 5 rings (SSSR count). The summed E-state index contributed by atoms with van der Waals surface area (Å²) in [5, 5.41) is 4.53. The van der Waals surface area contributed by atoms with Gasteiger partial charge in [-0.25, -0.2) is 13.2 Å². The summed E-state index contributed by atoms with van der Waals surface area (Å²) in [5.74, 6) is -0.249. The average Bonchev–Trinajstić information content (AvgIpc) is 3.19. The van der Waals surface area contributed by atoms with E-state index in [1.54, 1.807) is 13.0 Å². The zero-order valence-electron chi connectivity index (χ0n) is 22.4. The van der Waals surface area contributed by atoms with Gasteiger partial charge >= 0.3 is 6.03 Å². The summed E-state index contributed by atoms with van der Waals surface area (Å²) in [6.07, 6.45) is 0. The van der Waals surface area contributed by atoms with E-state index in [1.807, 2.05) is 36.4 Å². The van der Waals surface area contributed by atoms with Crippen molar-refractivity contribution >= 4 is 38.6 Å². The highest BCUT2D eigenvalue weighted by atomic mass is 32.2. The van der Waals surface area contributed by atoms with Crippen molar-refractivity contribution in [3.8, 4) is 11.5 Å². The van der Waals surface area contributed by atoms with E-state index < -0.39 is 40.0 Å². The van der Waals surface area contributed by atoms with Crippen LogP contribution in [0.15, 0.2) is 65.6 Å². The Morgan fingerprint density at radius 2 is 1.60 bits per heavy atom. The molecule has 2 saturated heterocycles. The van der Waals surface area contributed by atoms with Gasteiger partial charge in [0, 0.05) is 32.2 Å². The topological polar surface area (TPSA) is 126 Å². The fourth-order valence-electron chi connectivity index (χ4n) is 5.22. The molecule has 210 valence electrons. The number of hydrogen-bond acceptors (Lipinski definition) is 7. The second kappa shape index (κ2) is 10.4. The van der Waals surface area contributed by atoms with Gasteiger partial charge in [0.2, 0.25) is 15.9 Å². The number of methoxy groups -OCH3 is 2. The van der Waals surface area contributed by atoms with Crippen LogP contribution in [0.25, 0.3) is 10.8 Å². The number of carbonyl (C=O) groups excluding carboxylic acids is 3. The van der Waals surface area contributed by atoms with Crippen molar-refractivity contribution in [2.45, 2.75) is 17.4 Å². The van der Waals surface area contributed by atoms with Crippen LogP contribution in [0.2, 0.25) is 0 Å². The van der Waals surface area contributed by atoms with E-state index in [0.29, 0.717) is 17.1 Å². The first-order chi connectivity index (χ1) is 19.1. The number of nitrogens with one attached hydrogen (secondary N) is 1. The molecule has 2 aliphatic heterocycles. The SMILES string of the molecule is COc1ccc(S(=O)(=O)N2CCN(C(=O)CN3C(=O)N[C@@](C)(c4cccc5ccccc45)C3=O)CC2)cc1OC. The van der Waals surface area contributed by atoms with Gasteiger partial charge in [0.25, 0.3) is 5.91 Å². The number of ether oxygens (including phenoxy) is 2. The van der Waals surface area contributed by atoms with Crippen LogP contribution < -0.4 is 14.8 Å². The summed E-state index contributed by atoms with van der Waals surface area (Å²) < 4.78 is 38.1. The number of hydrogen-bond donors (Lipinski definition) is 1. The molecule has 11 nitrogen and oxygen atoms in total. The quantitative estimate of drug-likeness (QED) is 0.435. The molecule has 0 radical (unpaired) electrons. The van der Waals surface area contributed by atoms with Crippen molar-refractivity contribution in [3.63, 3.8) is 0 Å². The van der Waals surface area contributed by atoms with Crippen molar-refractivity contribution in [1.82, 2.24) is 19.4 Å². The molecule has 1 atom stereocenters. The van der Waals surface area contributed by atoms with Gasteiger partial charge in [-0.2, -0.15) is 4.31 Å². The molecule has 3 aromatic carbocycles. The largest absolute Gasteiger partial charge is 0.493 e. The van der Waals surface area contributed by atoms with E-state index in [9.17, 15) is 22.8 Å². The highest BCUT2D eigenvalue weighted by Crippen LogP contribution is 2.34. The molecule has 2 heterocycles. The van der Waals surface area contributed by atoms with Gasteiger partial charge < -0.3 is 19.7 Å². The first-order valence-electron chi connectivity index (χ1n) is 12.7. The maximum atomic E-state index is 13.5. The third-order valence-electron chi connectivity index (χ3n) is 7.48. The number of piperazine rings is 1. The van der Waals surface area contributed by atoms with Gasteiger partial charge in [-0.1, -0.05) is 42.5 Å². The second-order valence-corrected chi connectivity index (χ2v) is 11.7. The van der Waals surface area contributed by atoms with Gasteiger partial charge in [-0.3, -0.25) is 14.5 Å². The number of rotatable bonds is 7. The molecule has 1 N–H and O–H groups in total. The Morgan fingerprint density at radius 1 is 0.925 bits per heavy atom. The number of amides is 4. The lowest BCUT2D eigenvalue weighted by Gasteiger charge is -2.34. The monoisotopic (exact) mass is 566 g/mol. The summed E-state index contributed by atoms with van der Waals surface area (Å²) in [6.45, 7) is 1.57. The molecular formula is C28H30N4O7S. The molecule has 12 heteroatoms. The highest BCUT2D eigenvalue weighted by Gasteiger charge is 2.50. The number of fused-ring (bicyclic) bond motifs is 1. The minimum absolute atomic E-state index is 0.0528. The smallest absolute Gasteiger partial charge is 0.325 e. The number of imide groups is 1. The van der Waals surface area contributed by atoms with Crippen molar-refractivity contribution < 1.29 is 32.3 Å². The molecule has 40 heavy (non-hydrogen) atoms. The molecular weight excluding hydrogens is 536 g/mol. The van der Waals surface area contributed by atoms with E-state index in [4.69, 9.17) is 9.47 Å². The van der Waals surface area contributed by atoms with Crippen LogP contribution in [0.5, 0.6) is 11.5 Å². The van der Waals surface area contributed by atoms with Crippen LogP contribution >= 0.6 is 0 Å². The zero-order chi connectivity index (χ0) is 28.7. The minimum atomic E-state index is -3.84. The summed E-state index contributed by atoms with van der Waals surface area (Å²) in [7, 11) is -0.952. The van der Waals surface area contributed by atoms with Gasteiger partial charge in [0.15, 0.2) is 11.5 Å². The van der Waals surface area contributed by atoms with Crippen LogP contribution in [0, 0.1) is 0 Å². The molecule has 3 aromatic rings. The molecule has 0 spiro atoms. The van der Waals surface area contributed by atoms with Gasteiger partial charge in [-0.05, 0) is 35.4 Å². The first kappa shape index (κ1) is 27.4. The van der Waals surface area contributed by atoms with Gasteiger partial charge in [0.1, 0.15) is 12.1 Å². The normalized spacial score (nSPS) is 20.1. The molecule has 0 unspecified atom stereocenters. The van der Waals surface area contributed by atoms with E-state index >= 15 is 0 Å². The number of benzene rings is 3. The Bertz CT molecular complexity index is 1600.